The summed E-state index contributed by atoms with van der Waals surface area (Å²) in [5.74, 6) is 0.790. The Hall–Kier alpha value is -2.11. The van der Waals surface area contributed by atoms with Crippen molar-refractivity contribution in [1.29, 1.82) is 0 Å². The zero-order valence-electron chi connectivity index (χ0n) is 15.9. The van der Waals surface area contributed by atoms with Gasteiger partial charge in [-0.05, 0) is 42.5 Å². The Morgan fingerprint density at radius 3 is 2.58 bits per heavy atom. The molecule has 0 heterocycles. The number of ether oxygens (including phenoxy) is 3. The van der Waals surface area contributed by atoms with E-state index in [0.717, 1.165) is 0 Å². The number of carbonyl (C=O) groups excluding carboxylic acids is 1. The van der Waals surface area contributed by atoms with E-state index < -0.39 is 11.5 Å². The molecule has 5 heteroatoms. The maximum absolute atomic E-state index is 12.8. The standard InChI is InChI=1S/C21H28O5/c1-6-11-21(13-16(24-3)8-10-19(21)22)14(2)20(23)15-7-9-17(25-4)18(12-15)26-5/h6-10,12,14,16,20,23H,1,11,13H2,2-5H3/t14-,16+,20-,21-/m1/s1. The molecule has 1 aromatic rings. The van der Waals surface area contributed by atoms with Crippen LogP contribution >= 0.6 is 0 Å². The van der Waals surface area contributed by atoms with Crippen molar-refractivity contribution < 1.29 is 24.1 Å². The predicted octanol–water partition coefficient (Wildman–Crippen LogP) is 3.48. The van der Waals surface area contributed by atoms with Crippen LogP contribution in [0.4, 0.5) is 0 Å². The maximum atomic E-state index is 12.8. The molecule has 1 aliphatic rings. The van der Waals surface area contributed by atoms with Gasteiger partial charge in [0.15, 0.2) is 17.3 Å². The Labute approximate surface area is 155 Å². The normalized spacial score (nSPS) is 24.8. The summed E-state index contributed by atoms with van der Waals surface area (Å²) in [6, 6.07) is 5.30. The summed E-state index contributed by atoms with van der Waals surface area (Å²) in [7, 11) is 4.74. The fourth-order valence-electron chi connectivity index (χ4n) is 3.72. The largest absolute Gasteiger partial charge is 0.493 e. The smallest absolute Gasteiger partial charge is 0.162 e. The second-order valence-corrected chi connectivity index (χ2v) is 6.70. The highest BCUT2D eigenvalue weighted by Crippen LogP contribution is 2.47. The van der Waals surface area contributed by atoms with Crippen molar-refractivity contribution in [2.24, 2.45) is 11.3 Å². The third-order valence-electron chi connectivity index (χ3n) is 5.42. The van der Waals surface area contributed by atoms with Crippen LogP contribution in [0.25, 0.3) is 0 Å². The summed E-state index contributed by atoms with van der Waals surface area (Å²) in [5.41, 5.74) is -0.0843. The summed E-state index contributed by atoms with van der Waals surface area (Å²) >= 11 is 0. The lowest BCUT2D eigenvalue weighted by atomic mass is 9.62. The molecule has 26 heavy (non-hydrogen) atoms. The summed E-state index contributed by atoms with van der Waals surface area (Å²) in [5, 5.41) is 11.0. The second-order valence-electron chi connectivity index (χ2n) is 6.70. The molecule has 0 aromatic heterocycles. The molecular weight excluding hydrogens is 332 g/mol. The first kappa shape index (κ1) is 20.2. The van der Waals surface area contributed by atoms with Crippen molar-refractivity contribution in [1.82, 2.24) is 0 Å². The lowest BCUT2D eigenvalue weighted by molar-refractivity contribution is -0.133. The molecule has 0 saturated carbocycles. The van der Waals surface area contributed by atoms with Gasteiger partial charge in [0, 0.05) is 12.5 Å². The molecule has 4 atom stereocenters. The van der Waals surface area contributed by atoms with Gasteiger partial charge in [-0.25, -0.2) is 0 Å². The Morgan fingerprint density at radius 2 is 2.00 bits per heavy atom. The SMILES string of the molecule is C=CC[C@]1([C@H](C)[C@@H](O)c2ccc(OC)c(OC)c2)C[C@@H](OC)C=CC1=O. The predicted molar refractivity (Wildman–Crippen MR) is 100 cm³/mol. The first-order valence-electron chi connectivity index (χ1n) is 8.69. The number of ketones is 1. The van der Waals surface area contributed by atoms with E-state index in [4.69, 9.17) is 14.2 Å². The summed E-state index contributed by atoms with van der Waals surface area (Å²) < 4.78 is 16.0. The topological polar surface area (TPSA) is 65.0 Å². The molecule has 0 amide bonds. The zero-order valence-corrected chi connectivity index (χ0v) is 15.9. The van der Waals surface area contributed by atoms with Crippen molar-refractivity contribution in [3.8, 4) is 11.5 Å². The van der Waals surface area contributed by atoms with Crippen LogP contribution in [-0.4, -0.2) is 38.3 Å². The van der Waals surface area contributed by atoms with Gasteiger partial charge in [0.1, 0.15) is 0 Å². The number of rotatable bonds is 8. The molecule has 5 nitrogen and oxygen atoms in total. The van der Waals surface area contributed by atoms with Crippen molar-refractivity contribution in [2.45, 2.75) is 32.0 Å². The molecule has 1 N–H and O–H groups in total. The highest BCUT2D eigenvalue weighted by molar-refractivity contribution is 5.96. The van der Waals surface area contributed by atoms with Crippen molar-refractivity contribution in [3.05, 3.63) is 48.6 Å². The average Bonchev–Trinajstić information content (AvgIpc) is 2.68. The molecular formula is C21H28O5. The highest BCUT2D eigenvalue weighted by atomic mass is 16.5. The van der Waals surface area contributed by atoms with E-state index in [1.54, 1.807) is 57.8 Å². The first-order valence-corrected chi connectivity index (χ1v) is 8.69. The van der Waals surface area contributed by atoms with E-state index in [-0.39, 0.29) is 17.8 Å². The third-order valence-corrected chi connectivity index (χ3v) is 5.42. The highest BCUT2D eigenvalue weighted by Gasteiger charge is 2.47. The fraction of sp³-hybridized carbons (Fsp3) is 0.476. The number of hydrogen-bond donors (Lipinski definition) is 1. The Bertz CT molecular complexity index is 681. The number of aliphatic hydroxyl groups excluding tert-OH is 1. The van der Waals surface area contributed by atoms with E-state index in [0.29, 0.717) is 29.9 Å². The Kier molecular flexibility index (Phi) is 6.62. The molecule has 0 saturated heterocycles. The lowest BCUT2D eigenvalue weighted by Gasteiger charge is -2.42. The van der Waals surface area contributed by atoms with Crippen LogP contribution < -0.4 is 9.47 Å². The van der Waals surface area contributed by atoms with Gasteiger partial charge in [0.2, 0.25) is 0 Å². The van der Waals surface area contributed by atoms with Crippen LogP contribution in [0.5, 0.6) is 11.5 Å². The molecule has 142 valence electrons. The van der Waals surface area contributed by atoms with E-state index in [1.807, 2.05) is 6.92 Å². The molecule has 0 radical (unpaired) electrons. The van der Waals surface area contributed by atoms with Crippen LogP contribution in [0.2, 0.25) is 0 Å². The van der Waals surface area contributed by atoms with E-state index in [9.17, 15) is 9.90 Å². The first-order chi connectivity index (χ1) is 12.4. The number of aliphatic hydroxyl groups is 1. The van der Waals surface area contributed by atoms with Gasteiger partial charge in [-0.1, -0.05) is 25.1 Å². The molecule has 1 aromatic carbocycles. The summed E-state index contributed by atoms with van der Waals surface area (Å²) in [4.78, 5) is 12.8. The van der Waals surface area contributed by atoms with Gasteiger partial charge in [-0.2, -0.15) is 0 Å². The van der Waals surface area contributed by atoms with Crippen molar-refractivity contribution >= 4 is 5.78 Å². The molecule has 0 aliphatic heterocycles. The van der Waals surface area contributed by atoms with Gasteiger partial charge >= 0.3 is 0 Å². The monoisotopic (exact) mass is 360 g/mol. The van der Waals surface area contributed by atoms with Crippen molar-refractivity contribution in [3.63, 3.8) is 0 Å². The van der Waals surface area contributed by atoms with Crippen LogP contribution in [0.3, 0.4) is 0 Å². The molecule has 1 aliphatic carbocycles. The van der Waals surface area contributed by atoms with Gasteiger partial charge in [0.25, 0.3) is 0 Å². The molecule has 0 unspecified atom stereocenters. The number of hydrogen-bond acceptors (Lipinski definition) is 5. The minimum absolute atomic E-state index is 0.00210. The van der Waals surface area contributed by atoms with E-state index in [1.165, 1.54) is 0 Å². The maximum Gasteiger partial charge on any atom is 0.162 e. The average molecular weight is 360 g/mol. The minimum atomic E-state index is -0.845. The van der Waals surface area contributed by atoms with Crippen LogP contribution in [0.1, 0.15) is 31.4 Å². The molecule has 0 fully saturated rings. The second kappa shape index (κ2) is 8.52. The van der Waals surface area contributed by atoms with E-state index in [2.05, 4.69) is 6.58 Å². The quantitative estimate of drug-likeness (QED) is 0.719. The van der Waals surface area contributed by atoms with Crippen LogP contribution in [0, 0.1) is 11.3 Å². The number of methoxy groups -OCH3 is 3. The number of carbonyl (C=O) groups is 1. The molecule has 2 rings (SSSR count). The van der Waals surface area contributed by atoms with Crippen molar-refractivity contribution in [2.75, 3.05) is 21.3 Å². The molecule has 0 spiro atoms. The third kappa shape index (κ3) is 3.69. The Balaban J connectivity index is 2.40. The van der Waals surface area contributed by atoms with Crippen LogP contribution in [0.15, 0.2) is 43.0 Å². The lowest BCUT2D eigenvalue weighted by Crippen LogP contribution is -2.44. The van der Waals surface area contributed by atoms with E-state index >= 15 is 0 Å². The zero-order chi connectivity index (χ0) is 19.3. The van der Waals surface area contributed by atoms with Gasteiger partial charge < -0.3 is 19.3 Å². The molecule has 0 bridgehead atoms. The fourth-order valence-corrected chi connectivity index (χ4v) is 3.72. The summed E-state index contributed by atoms with van der Waals surface area (Å²) in [6.07, 6.45) is 5.06. The Morgan fingerprint density at radius 1 is 1.31 bits per heavy atom. The van der Waals surface area contributed by atoms with Gasteiger partial charge in [0.05, 0.1) is 26.4 Å². The van der Waals surface area contributed by atoms with Gasteiger partial charge in [-0.3, -0.25) is 4.79 Å². The number of allylic oxidation sites excluding steroid dienone is 2. The minimum Gasteiger partial charge on any atom is -0.493 e. The van der Waals surface area contributed by atoms with Crippen LogP contribution in [-0.2, 0) is 9.53 Å². The van der Waals surface area contributed by atoms with Gasteiger partial charge in [-0.15, -0.1) is 6.58 Å². The number of benzene rings is 1. The summed E-state index contributed by atoms with van der Waals surface area (Å²) in [6.45, 7) is 5.71.